The number of hydrogen-bond acceptors (Lipinski definition) is 4. The first-order valence-corrected chi connectivity index (χ1v) is 7.38. The summed E-state index contributed by atoms with van der Waals surface area (Å²) in [7, 11) is 1.95. The van der Waals surface area contributed by atoms with Crippen LogP contribution in [0.25, 0.3) is 0 Å². The minimum atomic E-state index is -0.520. The topological polar surface area (TPSA) is 74.6 Å². The van der Waals surface area contributed by atoms with E-state index in [9.17, 15) is 9.59 Å². The van der Waals surface area contributed by atoms with Crippen molar-refractivity contribution in [1.29, 1.82) is 0 Å². The van der Waals surface area contributed by atoms with E-state index in [0.717, 1.165) is 32.5 Å². The van der Waals surface area contributed by atoms with Gasteiger partial charge in [-0.2, -0.15) is 0 Å². The van der Waals surface area contributed by atoms with Crippen molar-refractivity contribution < 1.29 is 14.0 Å². The summed E-state index contributed by atoms with van der Waals surface area (Å²) in [5.41, 5.74) is 0.433. The van der Waals surface area contributed by atoms with Gasteiger partial charge in [0, 0.05) is 13.1 Å². The van der Waals surface area contributed by atoms with Gasteiger partial charge in [-0.15, -0.1) is 0 Å². The molecule has 1 saturated heterocycles. The second kappa shape index (κ2) is 7.26. The second-order valence-corrected chi connectivity index (χ2v) is 5.53. The molecule has 1 unspecified atom stereocenters. The lowest BCUT2D eigenvalue weighted by molar-refractivity contribution is -0.134. The maximum Gasteiger partial charge on any atom is 0.255 e. The Labute approximate surface area is 124 Å². The molecule has 0 radical (unpaired) electrons. The van der Waals surface area contributed by atoms with E-state index in [1.165, 1.54) is 12.5 Å². The van der Waals surface area contributed by atoms with E-state index in [-0.39, 0.29) is 11.8 Å². The summed E-state index contributed by atoms with van der Waals surface area (Å²) in [5.74, 6) is 0.333. The third-order valence-corrected chi connectivity index (χ3v) is 3.92. The summed E-state index contributed by atoms with van der Waals surface area (Å²) in [4.78, 5) is 26.1. The van der Waals surface area contributed by atoms with Gasteiger partial charge in [0.1, 0.15) is 12.3 Å². The highest BCUT2D eigenvalue weighted by atomic mass is 16.3. The van der Waals surface area contributed by atoms with Crippen LogP contribution in [0.15, 0.2) is 23.0 Å². The van der Waals surface area contributed by atoms with Gasteiger partial charge in [0.2, 0.25) is 5.91 Å². The lowest BCUT2D eigenvalue weighted by atomic mass is 9.96. The van der Waals surface area contributed by atoms with Gasteiger partial charge in [-0.1, -0.05) is 0 Å². The number of furan rings is 1. The largest absolute Gasteiger partial charge is 0.472 e. The molecule has 6 heteroatoms. The van der Waals surface area contributed by atoms with Gasteiger partial charge in [0.05, 0.1) is 11.8 Å². The summed E-state index contributed by atoms with van der Waals surface area (Å²) in [5, 5.41) is 5.89. The number of hydrogen-bond donors (Lipinski definition) is 2. The fourth-order valence-electron chi connectivity index (χ4n) is 2.66. The minimum Gasteiger partial charge on any atom is -0.472 e. The third-order valence-electron chi connectivity index (χ3n) is 3.92. The number of carbonyl (C=O) groups excluding carboxylic acids is 2. The first-order chi connectivity index (χ1) is 10.1. The van der Waals surface area contributed by atoms with Crippen LogP contribution in [0.4, 0.5) is 0 Å². The Morgan fingerprint density at radius 2 is 2.14 bits per heavy atom. The minimum absolute atomic E-state index is 0.0187. The van der Waals surface area contributed by atoms with E-state index in [2.05, 4.69) is 10.6 Å². The fourth-order valence-corrected chi connectivity index (χ4v) is 2.66. The number of nitrogens with zero attached hydrogens (tertiary/aromatic N) is 1. The van der Waals surface area contributed by atoms with Gasteiger partial charge in [-0.05, 0) is 45.3 Å². The first-order valence-electron chi connectivity index (χ1n) is 7.38. The Hall–Kier alpha value is -1.82. The van der Waals surface area contributed by atoms with Crippen molar-refractivity contribution in [3.05, 3.63) is 24.2 Å². The van der Waals surface area contributed by atoms with E-state index in [1.807, 2.05) is 11.9 Å². The molecule has 0 aromatic carbocycles. The molecule has 0 aliphatic carbocycles. The molecule has 2 N–H and O–H groups in total. The zero-order valence-corrected chi connectivity index (χ0v) is 12.6. The SMILES string of the molecule is CNCC1CCN(C(=O)C(C)NC(=O)c2ccoc2)CC1. The number of rotatable bonds is 5. The molecule has 2 heterocycles. The van der Waals surface area contributed by atoms with Gasteiger partial charge >= 0.3 is 0 Å². The summed E-state index contributed by atoms with van der Waals surface area (Å²) in [6.07, 6.45) is 4.83. The van der Waals surface area contributed by atoms with Crippen LogP contribution in [0.2, 0.25) is 0 Å². The Morgan fingerprint density at radius 3 is 2.71 bits per heavy atom. The molecular formula is C15H23N3O3. The maximum absolute atomic E-state index is 12.3. The highest BCUT2D eigenvalue weighted by molar-refractivity contribution is 5.97. The molecule has 0 saturated carbocycles. The molecule has 1 atom stereocenters. The molecule has 2 amide bonds. The Balaban J connectivity index is 1.81. The second-order valence-electron chi connectivity index (χ2n) is 5.53. The molecule has 21 heavy (non-hydrogen) atoms. The van der Waals surface area contributed by atoms with Crippen LogP contribution in [0.1, 0.15) is 30.1 Å². The molecular weight excluding hydrogens is 270 g/mol. The normalized spacial score (nSPS) is 17.5. The van der Waals surface area contributed by atoms with Gasteiger partial charge in [-0.25, -0.2) is 0 Å². The molecule has 1 aliphatic rings. The van der Waals surface area contributed by atoms with Crippen LogP contribution in [0, 0.1) is 5.92 Å². The van der Waals surface area contributed by atoms with Crippen molar-refractivity contribution >= 4 is 11.8 Å². The maximum atomic E-state index is 12.3. The van der Waals surface area contributed by atoms with Crippen LogP contribution in [0.3, 0.4) is 0 Å². The van der Waals surface area contributed by atoms with Crippen LogP contribution < -0.4 is 10.6 Å². The van der Waals surface area contributed by atoms with Crippen LogP contribution in [-0.2, 0) is 4.79 Å². The molecule has 2 rings (SSSR count). The standard InChI is InChI=1S/C15H23N3O3/c1-11(17-14(19)13-5-8-21-10-13)15(20)18-6-3-12(4-7-18)9-16-2/h5,8,10-12,16H,3-4,6-7,9H2,1-2H3,(H,17,19). The quantitative estimate of drug-likeness (QED) is 0.844. The predicted molar refractivity (Wildman–Crippen MR) is 78.9 cm³/mol. The average Bonchev–Trinajstić information content (AvgIpc) is 3.02. The monoisotopic (exact) mass is 293 g/mol. The van der Waals surface area contributed by atoms with Crippen molar-refractivity contribution in [2.24, 2.45) is 5.92 Å². The lowest BCUT2D eigenvalue weighted by Gasteiger charge is -2.33. The van der Waals surface area contributed by atoms with Crippen molar-refractivity contribution in [2.45, 2.75) is 25.8 Å². The van der Waals surface area contributed by atoms with E-state index >= 15 is 0 Å². The smallest absolute Gasteiger partial charge is 0.255 e. The molecule has 0 bridgehead atoms. The molecule has 1 fully saturated rings. The van der Waals surface area contributed by atoms with Crippen LogP contribution >= 0.6 is 0 Å². The zero-order chi connectivity index (χ0) is 15.2. The van der Waals surface area contributed by atoms with E-state index in [0.29, 0.717) is 11.5 Å². The fraction of sp³-hybridized carbons (Fsp3) is 0.600. The van der Waals surface area contributed by atoms with Crippen molar-refractivity contribution in [3.63, 3.8) is 0 Å². The number of carbonyl (C=O) groups is 2. The van der Waals surface area contributed by atoms with Crippen LogP contribution in [0.5, 0.6) is 0 Å². The van der Waals surface area contributed by atoms with E-state index < -0.39 is 6.04 Å². The van der Waals surface area contributed by atoms with Gasteiger partial charge in [-0.3, -0.25) is 9.59 Å². The molecule has 6 nitrogen and oxygen atoms in total. The van der Waals surface area contributed by atoms with Crippen LogP contribution in [-0.4, -0.2) is 49.4 Å². The Kier molecular flexibility index (Phi) is 5.38. The van der Waals surface area contributed by atoms with Gasteiger partial charge < -0.3 is 20.0 Å². The summed E-state index contributed by atoms with van der Waals surface area (Å²) in [6.45, 7) is 4.24. The van der Waals surface area contributed by atoms with Crippen molar-refractivity contribution in [2.75, 3.05) is 26.7 Å². The molecule has 0 spiro atoms. The van der Waals surface area contributed by atoms with E-state index in [1.54, 1.807) is 13.0 Å². The molecule has 116 valence electrons. The number of amides is 2. The zero-order valence-electron chi connectivity index (χ0n) is 12.6. The first kappa shape index (κ1) is 15.6. The molecule has 1 aliphatic heterocycles. The number of nitrogens with one attached hydrogen (secondary N) is 2. The lowest BCUT2D eigenvalue weighted by Crippen LogP contribution is -2.49. The highest BCUT2D eigenvalue weighted by Crippen LogP contribution is 2.17. The third kappa shape index (κ3) is 4.07. The average molecular weight is 293 g/mol. The summed E-state index contributed by atoms with van der Waals surface area (Å²) < 4.78 is 4.87. The molecule has 1 aromatic rings. The Morgan fingerprint density at radius 1 is 1.43 bits per heavy atom. The number of piperidine rings is 1. The molecule has 1 aromatic heterocycles. The van der Waals surface area contributed by atoms with E-state index in [4.69, 9.17) is 4.42 Å². The summed E-state index contributed by atoms with van der Waals surface area (Å²) >= 11 is 0. The number of likely N-dealkylation sites (tertiary alicyclic amines) is 1. The Bertz CT molecular complexity index is 465. The summed E-state index contributed by atoms with van der Waals surface area (Å²) in [6, 6.07) is 1.06. The van der Waals surface area contributed by atoms with Crippen molar-refractivity contribution in [3.8, 4) is 0 Å². The van der Waals surface area contributed by atoms with Gasteiger partial charge in [0.15, 0.2) is 0 Å². The van der Waals surface area contributed by atoms with Crippen molar-refractivity contribution in [1.82, 2.24) is 15.5 Å². The predicted octanol–water partition coefficient (Wildman–Crippen LogP) is 0.856. The highest BCUT2D eigenvalue weighted by Gasteiger charge is 2.26. The van der Waals surface area contributed by atoms with Gasteiger partial charge in [0.25, 0.3) is 5.91 Å².